The fourth-order valence-corrected chi connectivity index (χ4v) is 16.2. The summed E-state index contributed by atoms with van der Waals surface area (Å²) >= 11 is 0. The Kier molecular flexibility index (Phi) is 10.5. The Bertz CT molecular complexity index is 3760. The molecule has 0 amide bonds. The smallest absolute Gasteiger partial charge is 0.297 e. The average Bonchev–Trinajstić information content (AvgIpc) is 3.32. The van der Waals surface area contributed by atoms with Crippen LogP contribution in [0.5, 0.6) is 0 Å². The van der Waals surface area contributed by atoms with Crippen molar-refractivity contribution in [3.63, 3.8) is 0 Å². The lowest BCUT2D eigenvalue weighted by atomic mass is 9.35. The molecule has 14 rings (SSSR count). The molecular formula is C72H79BN4O. The molecule has 7 aromatic carbocycles. The third-order valence-electron chi connectivity index (χ3n) is 21.0. The first kappa shape index (κ1) is 49.6. The maximum atomic E-state index is 7.56. The van der Waals surface area contributed by atoms with Crippen molar-refractivity contribution in [1.29, 1.82) is 0 Å². The van der Waals surface area contributed by atoms with E-state index >= 15 is 0 Å². The van der Waals surface area contributed by atoms with Crippen molar-refractivity contribution in [2.24, 2.45) is 0 Å². The Balaban J connectivity index is 1.11. The Labute approximate surface area is 465 Å². The van der Waals surface area contributed by atoms with Gasteiger partial charge in [-0.25, -0.2) is 0 Å². The summed E-state index contributed by atoms with van der Waals surface area (Å²) in [5.41, 5.74) is 23.3. The van der Waals surface area contributed by atoms with E-state index in [9.17, 15) is 0 Å². The van der Waals surface area contributed by atoms with E-state index in [2.05, 4.69) is 255 Å². The van der Waals surface area contributed by atoms with Crippen LogP contribution < -0.4 is 36.2 Å². The molecule has 2 fully saturated rings. The lowest BCUT2D eigenvalue weighted by Gasteiger charge is -2.51. The third-order valence-corrected chi connectivity index (χ3v) is 21.0. The van der Waals surface area contributed by atoms with E-state index in [0.717, 1.165) is 46.5 Å². The molecule has 8 aromatic rings. The summed E-state index contributed by atoms with van der Waals surface area (Å²) in [4.78, 5) is 10.8. The molecule has 0 bridgehead atoms. The second-order valence-electron chi connectivity index (χ2n) is 28.4. The van der Waals surface area contributed by atoms with Gasteiger partial charge in [0.25, 0.3) is 6.71 Å². The predicted molar refractivity (Wildman–Crippen MR) is 332 cm³/mol. The Morgan fingerprint density at radius 1 is 0.423 bits per heavy atom. The number of benzene rings is 7. The highest BCUT2D eigenvalue weighted by atomic mass is 16.3. The van der Waals surface area contributed by atoms with E-state index in [0.29, 0.717) is 0 Å². The Hall–Kier alpha value is -6.66. The minimum absolute atomic E-state index is 0.000257. The van der Waals surface area contributed by atoms with Crippen molar-refractivity contribution in [2.45, 2.75) is 180 Å². The minimum atomic E-state index is -0.188. The van der Waals surface area contributed by atoms with Crippen LogP contribution in [-0.2, 0) is 27.1 Å². The molecule has 396 valence electrons. The summed E-state index contributed by atoms with van der Waals surface area (Å²) in [6, 6.07) is 57.5. The molecule has 5 heterocycles. The number of furan rings is 1. The molecule has 4 atom stereocenters. The molecule has 6 aliphatic rings. The summed E-state index contributed by atoms with van der Waals surface area (Å²) in [5.74, 6) is 0. The summed E-state index contributed by atoms with van der Waals surface area (Å²) in [6.07, 6.45) is 9.57. The van der Waals surface area contributed by atoms with Gasteiger partial charge in [-0.05, 0) is 167 Å². The monoisotopic (exact) mass is 1030 g/mol. The van der Waals surface area contributed by atoms with Gasteiger partial charge in [-0.3, -0.25) is 0 Å². The van der Waals surface area contributed by atoms with E-state index in [1.54, 1.807) is 0 Å². The van der Waals surface area contributed by atoms with Crippen molar-refractivity contribution in [1.82, 2.24) is 0 Å². The number of rotatable bonds is 4. The zero-order chi connectivity index (χ0) is 54.3. The highest BCUT2D eigenvalue weighted by Crippen LogP contribution is 2.64. The van der Waals surface area contributed by atoms with Crippen molar-refractivity contribution in [3.05, 3.63) is 173 Å². The van der Waals surface area contributed by atoms with Crippen LogP contribution in [0.2, 0.25) is 0 Å². The van der Waals surface area contributed by atoms with Gasteiger partial charge < -0.3 is 24.0 Å². The molecule has 0 spiro atoms. The maximum Gasteiger partial charge on any atom is 0.297 e. The lowest BCUT2D eigenvalue weighted by molar-refractivity contribution is 0.195. The molecule has 0 N–H and O–H groups in total. The summed E-state index contributed by atoms with van der Waals surface area (Å²) < 4.78 is 7.56. The predicted octanol–water partition coefficient (Wildman–Crippen LogP) is 17.9. The van der Waals surface area contributed by atoms with Crippen molar-refractivity contribution in [2.75, 3.05) is 19.6 Å². The van der Waals surface area contributed by atoms with Crippen LogP contribution in [0.4, 0.5) is 56.9 Å². The molecule has 5 nitrogen and oxygen atoms in total. The highest BCUT2D eigenvalue weighted by Gasteiger charge is 2.60. The average molecular weight is 1030 g/mol. The van der Waals surface area contributed by atoms with E-state index < -0.39 is 0 Å². The topological polar surface area (TPSA) is 26.1 Å². The van der Waals surface area contributed by atoms with Gasteiger partial charge in [0.05, 0.1) is 22.4 Å². The second kappa shape index (κ2) is 16.5. The van der Waals surface area contributed by atoms with Gasteiger partial charge in [-0.1, -0.05) is 175 Å². The summed E-state index contributed by atoms with van der Waals surface area (Å²) in [5, 5.41) is 1.16. The molecule has 6 heteroatoms. The van der Waals surface area contributed by atoms with Crippen LogP contribution in [0.1, 0.15) is 169 Å². The molecular weight excluding hydrogens is 948 g/mol. The SMILES string of the molecule is CC(C)(C)c1ccc(N2c3cc(N4c5ccccc5C5(C)CCCCC45C)ccc3B3c4oc5ccc(C(C)(C)C)cc5c4N(c4ccc(C(C)(C)C)cc4)c4cc(N5c6ccccc6C6(C)CCCCC56C)cc2c43)cc1. The van der Waals surface area contributed by atoms with Crippen molar-refractivity contribution < 1.29 is 4.42 Å². The molecule has 2 aliphatic carbocycles. The zero-order valence-corrected chi connectivity index (χ0v) is 48.8. The first-order chi connectivity index (χ1) is 37.0. The van der Waals surface area contributed by atoms with Crippen LogP contribution in [0, 0.1) is 0 Å². The molecule has 2 saturated carbocycles. The largest absolute Gasteiger partial charge is 0.468 e. The van der Waals surface area contributed by atoms with Gasteiger partial charge in [0.1, 0.15) is 5.58 Å². The number of hydrogen-bond donors (Lipinski definition) is 0. The van der Waals surface area contributed by atoms with Gasteiger partial charge in [0.15, 0.2) is 0 Å². The first-order valence-corrected chi connectivity index (χ1v) is 29.5. The highest BCUT2D eigenvalue weighted by molar-refractivity contribution is 7.00. The van der Waals surface area contributed by atoms with Gasteiger partial charge in [-0.15, -0.1) is 0 Å². The van der Waals surface area contributed by atoms with Crippen LogP contribution in [0.25, 0.3) is 11.0 Å². The van der Waals surface area contributed by atoms with Crippen LogP contribution in [0.15, 0.2) is 150 Å². The van der Waals surface area contributed by atoms with E-state index in [-0.39, 0.29) is 44.9 Å². The quantitative estimate of drug-likeness (QED) is 0.164. The van der Waals surface area contributed by atoms with Gasteiger partial charge >= 0.3 is 0 Å². The van der Waals surface area contributed by atoms with Gasteiger partial charge in [-0.2, -0.15) is 0 Å². The van der Waals surface area contributed by atoms with E-state index in [4.69, 9.17) is 4.42 Å². The fourth-order valence-electron chi connectivity index (χ4n) is 16.2. The number of hydrogen-bond acceptors (Lipinski definition) is 5. The number of anilines is 10. The normalized spacial score (nSPS) is 24.1. The maximum absolute atomic E-state index is 7.56. The molecule has 4 aliphatic heterocycles. The number of fused-ring (bicyclic) bond motifs is 12. The number of para-hydroxylation sites is 2. The zero-order valence-electron chi connectivity index (χ0n) is 48.8. The van der Waals surface area contributed by atoms with Crippen LogP contribution in [0.3, 0.4) is 0 Å². The fraction of sp³-hybridized carbons (Fsp3) is 0.389. The standard InChI is InChI=1S/C72H79BN4O/c1-66(2,3)46-26-31-49(32-27-46)74-59-43-51(76-57-24-16-14-22-54(57)69(10)38-18-20-40-71(69,76)12)35-36-56(59)73-63-60(74)44-52(77-58-25-17-15-23-55(58)70(11)39-19-21-41-72(70,77)13)45-61(63)75(50-33-28-47(29-34-50)67(4,5)6)64-53-42-48(68(7,8)9)30-37-62(53)78-65(64)73/h14-17,22-37,42-45H,18-21,38-41H2,1-13H3. The first-order valence-electron chi connectivity index (χ1n) is 29.5. The Morgan fingerprint density at radius 2 is 0.872 bits per heavy atom. The molecule has 78 heavy (non-hydrogen) atoms. The molecule has 4 unspecified atom stereocenters. The van der Waals surface area contributed by atoms with Crippen molar-refractivity contribution in [3.8, 4) is 0 Å². The lowest BCUT2D eigenvalue weighted by Crippen LogP contribution is -2.61. The second-order valence-corrected chi connectivity index (χ2v) is 28.4. The molecule has 0 saturated heterocycles. The van der Waals surface area contributed by atoms with Gasteiger partial charge in [0, 0.05) is 67.4 Å². The van der Waals surface area contributed by atoms with E-state index in [1.165, 1.54) is 117 Å². The third kappa shape index (κ3) is 6.73. The molecule has 0 radical (unpaired) electrons. The summed E-state index contributed by atoms with van der Waals surface area (Å²) in [6.45, 7) is 31.0. The van der Waals surface area contributed by atoms with Crippen molar-refractivity contribution >= 4 is 91.1 Å². The summed E-state index contributed by atoms with van der Waals surface area (Å²) in [7, 11) is 0. The van der Waals surface area contributed by atoms with Crippen LogP contribution in [-0.4, -0.2) is 17.8 Å². The Morgan fingerprint density at radius 3 is 1.41 bits per heavy atom. The molecule has 1 aromatic heterocycles. The van der Waals surface area contributed by atoms with Gasteiger partial charge in [0.2, 0.25) is 0 Å². The van der Waals surface area contributed by atoms with E-state index in [1.807, 2.05) is 0 Å². The minimum Gasteiger partial charge on any atom is -0.468 e. The number of nitrogens with zero attached hydrogens (tertiary/aromatic N) is 4. The van der Waals surface area contributed by atoms with Crippen LogP contribution >= 0.6 is 0 Å².